The van der Waals surface area contributed by atoms with E-state index in [9.17, 15) is 0 Å². The predicted molar refractivity (Wildman–Crippen MR) is 83.8 cm³/mol. The summed E-state index contributed by atoms with van der Waals surface area (Å²) in [6.45, 7) is 6.07. The zero-order chi connectivity index (χ0) is 14.0. The van der Waals surface area contributed by atoms with Gasteiger partial charge < -0.3 is 11.1 Å². The highest BCUT2D eigenvalue weighted by atomic mass is 32.1. The molecule has 0 bridgehead atoms. The maximum absolute atomic E-state index is 5.61. The summed E-state index contributed by atoms with van der Waals surface area (Å²) in [6.07, 6.45) is 0. The molecule has 0 saturated carbocycles. The van der Waals surface area contributed by atoms with E-state index in [1.807, 2.05) is 6.92 Å². The number of thiocarbonyl (C=S) groups is 1. The minimum atomic E-state index is 0.152. The maximum atomic E-state index is 5.61. The van der Waals surface area contributed by atoms with E-state index in [1.165, 1.54) is 9.75 Å². The molecule has 100 valence electrons. The van der Waals surface area contributed by atoms with E-state index in [-0.39, 0.29) is 11.0 Å². The first-order valence-corrected chi connectivity index (χ1v) is 7.16. The van der Waals surface area contributed by atoms with Crippen LogP contribution in [0.4, 0.5) is 5.95 Å². The second-order valence-electron chi connectivity index (χ2n) is 4.40. The molecule has 0 aliphatic heterocycles. The van der Waals surface area contributed by atoms with Gasteiger partial charge in [-0.25, -0.2) is 9.97 Å². The first kappa shape index (κ1) is 13.9. The largest absolute Gasteiger partial charge is 0.388 e. The zero-order valence-corrected chi connectivity index (χ0v) is 12.7. The lowest BCUT2D eigenvalue weighted by Gasteiger charge is -2.13. The molecule has 0 saturated heterocycles. The van der Waals surface area contributed by atoms with Crippen molar-refractivity contribution >= 4 is 34.5 Å². The van der Waals surface area contributed by atoms with Gasteiger partial charge in [0.1, 0.15) is 10.7 Å². The van der Waals surface area contributed by atoms with Gasteiger partial charge in [0.15, 0.2) is 0 Å². The lowest BCUT2D eigenvalue weighted by Crippen LogP contribution is -2.15. The van der Waals surface area contributed by atoms with Gasteiger partial charge in [-0.1, -0.05) is 12.2 Å². The first-order chi connectivity index (χ1) is 8.95. The monoisotopic (exact) mass is 292 g/mol. The maximum Gasteiger partial charge on any atom is 0.224 e. The number of nitrogens with zero attached hydrogens (tertiary/aromatic N) is 2. The molecule has 2 aromatic heterocycles. The van der Waals surface area contributed by atoms with E-state index in [0.29, 0.717) is 11.6 Å². The van der Waals surface area contributed by atoms with Gasteiger partial charge in [-0.2, -0.15) is 0 Å². The molecule has 2 aromatic rings. The Morgan fingerprint density at radius 1 is 1.37 bits per heavy atom. The second-order valence-corrected chi connectivity index (χ2v) is 6.16. The molecule has 2 rings (SSSR count). The van der Waals surface area contributed by atoms with Gasteiger partial charge in [0.05, 0.1) is 6.04 Å². The van der Waals surface area contributed by atoms with Gasteiger partial charge in [0.25, 0.3) is 0 Å². The van der Waals surface area contributed by atoms with Gasteiger partial charge in [0.2, 0.25) is 5.95 Å². The average molecular weight is 292 g/mol. The summed E-state index contributed by atoms with van der Waals surface area (Å²) < 4.78 is 0. The topological polar surface area (TPSA) is 63.8 Å². The van der Waals surface area contributed by atoms with E-state index < -0.39 is 0 Å². The molecule has 0 aromatic carbocycles. The minimum Gasteiger partial charge on any atom is -0.388 e. The number of rotatable bonds is 4. The Labute approximate surface area is 122 Å². The van der Waals surface area contributed by atoms with Crippen molar-refractivity contribution in [3.05, 3.63) is 39.3 Å². The fraction of sp³-hybridized carbons (Fsp3) is 0.308. The van der Waals surface area contributed by atoms with Crippen molar-refractivity contribution in [2.24, 2.45) is 5.73 Å². The van der Waals surface area contributed by atoms with E-state index in [1.54, 1.807) is 17.4 Å². The zero-order valence-electron chi connectivity index (χ0n) is 11.1. The van der Waals surface area contributed by atoms with Crippen molar-refractivity contribution in [3.63, 3.8) is 0 Å². The highest BCUT2D eigenvalue weighted by molar-refractivity contribution is 7.80. The van der Waals surface area contributed by atoms with E-state index in [4.69, 9.17) is 18.0 Å². The molecule has 4 nitrogen and oxygen atoms in total. The Bertz CT molecular complexity index is 606. The third-order valence-electron chi connectivity index (χ3n) is 2.64. The molecule has 6 heteroatoms. The number of hydrogen-bond donors (Lipinski definition) is 2. The van der Waals surface area contributed by atoms with Crippen molar-refractivity contribution in [2.45, 2.75) is 26.8 Å². The number of aromatic nitrogens is 2. The molecule has 0 radical (unpaired) electrons. The molecule has 0 aliphatic rings. The van der Waals surface area contributed by atoms with Crippen molar-refractivity contribution in [3.8, 4) is 0 Å². The summed E-state index contributed by atoms with van der Waals surface area (Å²) in [7, 11) is 0. The Balaban J connectivity index is 2.21. The summed E-state index contributed by atoms with van der Waals surface area (Å²) in [6, 6.07) is 6.16. The van der Waals surface area contributed by atoms with Gasteiger partial charge >= 0.3 is 0 Å². The van der Waals surface area contributed by atoms with Gasteiger partial charge in [-0.05, 0) is 39.0 Å². The van der Waals surface area contributed by atoms with Crippen LogP contribution >= 0.6 is 23.6 Å². The number of nitrogens with two attached hydrogens (primary N) is 1. The Morgan fingerprint density at radius 2 is 2.11 bits per heavy atom. The van der Waals surface area contributed by atoms with Gasteiger partial charge in [0, 0.05) is 15.4 Å². The van der Waals surface area contributed by atoms with Crippen LogP contribution < -0.4 is 11.1 Å². The Kier molecular flexibility index (Phi) is 4.11. The Morgan fingerprint density at radius 3 is 2.68 bits per heavy atom. The molecule has 1 unspecified atom stereocenters. The molecule has 0 spiro atoms. The molecule has 3 N–H and O–H groups in total. The smallest absolute Gasteiger partial charge is 0.224 e. The first-order valence-electron chi connectivity index (χ1n) is 5.94. The minimum absolute atomic E-state index is 0.152. The molecule has 19 heavy (non-hydrogen) atoms. The summed E-state index contributed by atoms with van der Waals surface area (Å²) in [4.78, 5) is 11.5. The summed E-state index contributed by atoms with van der Waals surface area (Å²) in [5.41, 5.74) is 7.05. The van der Waals surface area contributed by atoms with Crippen molar-refractivity contribution in [2.75, 3.05) is 5.32 Å². The third-order valence-corrected chi connectivity index (χ3v) is 4.03. The highest BCUT2D eigenvalue weighted by Gasteiger charge is 2.11. The van der Waals surface area contributed by atoms with Gasteiger partial charge in [-0.3, -0.25) is 0 Å². The number of nitrogens with one attached hydrogen (secondary N) is 1. The molecular formula is C13H16N4S2. The molecule has 1 atom stereocenters. The summed E-state index contributed by atoms with van der Waals surface area (Å²) in [5.74, 6) is 0.557. The normalized spacial score (nSPS) is 12.2. The van der Waals surface area contributed by atoms with Crippen LogP contribution in [-0.4, -0.2) is 15.0 Å². The van der Waals surface area contributed by atoms with Crippen LogP contribution in [0.25, 0.3) is 0 Å². The quantitative estimate of drug-likeness (QED) is 0.848. The number of anilines is 1. The summed E-state index contributed by atoms with van der Waals surface area (Å²) >= 11 is 6.71. The van der Waals surface area contributed by atoms with Crippen molar-refractivity contribution < 1.29 is 0 Å². The molecule has 0 aliphatic carbocycles. The van der Waals surface area contributed by atoms with Crippen LogP contribution in [0.5, 0.6) is 0 Å². The van der Waals surface area contributed by atoms with Crippen molar-refractivity contribution in [1.29, 1.82) is 0 Å². The molecule has 0 fully saturated rings. The molecular weight excluding hydrogens is 276 g/mol. The predicted octanol–water partition coefficient (Wildman–Crippen LogP) is 2.96. The standard InChI is InChI=1S/C13H16N4S2/c1-7-6-10(12(14)18)17-13(15-7)16-9(3)11-5-4-8(2)19-11/h4-6,9H,1-3H3,(H2,14,18)(H,15,16,17). The van der Waals surface area contributed by atoms with E-state index in [0.717, 1.165) is 5.69 Å². The van der Waals surface area contributed by atoms with Crippen LogP contribution in [-0.2, 0) is 0 Å². The lowest BCUT2D eigenvalue weighted by molar-refractivity contribution is 0.874. The van der Waals surface area contributed by atoms with Gasteiger partial charge in [-0.15, -0.1) is 11.3 Å². The SMILES string of the molecule is Cc1cc(C(N)=S)nc(NC(C)c2ccc(C)s2)n1. The molecule has 2 heterocycles. The van der Waals surface area contributed by atoms with Crippen LogP contribution in [0.1, 0.15) is 34.1 Å². The highest BCUT2D eigenvalue weighted by Crippen LogP contribution is 2.24. The van der Waals surface area contributed by atoms with E-state index in [2.05, 4.69) is 41.3 Å². The average Bonchev–Trinajstić information content (AvgIpc) is 2.75. The Hall–Kier alpha value is -1.53. The van der Waals surface area contributed by atoms with Crippen LogP contribution in [0, 0.1) is 13.8 Å². The van der Waals surface area contributed by atoms with E-state index >= 15 is 0 Å². The number of thiophene rings is 1. The van der Waals surface area contributed by atoms with Crippen LogP contribution in [0.15, 0.2) is 18.2 Å². The third kappa shape index (κ3) is 3.48. The summed E-state index contributed by atoms with van der Waals surface area (Å²) in [5, 5.41) is 3.28. The molecule has 0 amide bonds. The number of aryl methyl sites for hydroxylation is 2. The van der Waals surface area contributed by atoms with Crippen LogP contribution in [0.2, 0.25) is 0 Å². The van der Waals surface area contributed by atoms with Crippen molar-refractivity contribution in [1.82, 2.24) is 9.97 Å². The number of hydrogen-bond acceptors (Lipinski definition) is 5. The van der Waals surface area contributed by atoms with Crippen LogP contribution in [0.3, 0.4) is 0 Å². The second kappa shape index (κ2) is 5.63. The lowest BCUT2D eigenvalue weighted by atomic mass is 10.3. The fourth-order valence-electron chi connectivity index (χ4n) is 1.71. The fourth-order valence-corrected chi connectivity index (χ4v) is 2.69.